The molecular formula is C11H20. The van der Waals surface area contributed by atoms with Gasteiger partial charge in [-0.05, 0) is 17.8 Å². The summed E-state index contributed by atoms with van der Waals surface area (Å²) in [6.07, 6.45) is 8.70. The molecule has 0 radical (unpaired) electrons. The standard InChI is InChI=1S/C11H20/c1-6-8-11(4,5)9-7-10(2)3/h1,10H,7-9H2,2-5H3. The smallest absolute Gasteiger partial charge is 0.0137 e. The van der Waals surface area contributed by atoms with E-state index in [9.17, 15) is 0 Å². The Morgan fingerprint density at radius 3 is 2.27 bits per heavy atom. The lowest BCUT2D eigenvalue weighted by Gasteiger charge is -2.22. The molecule has 0 nitrogen and oxygen atoms in total. The second-order valence-corrected chi connectivity index (χ2v) is 4.48. The van der Waals surface area contributed by atoms with Crippen molar-refractivity contribution in [3.63, 3.8) is 0 Å². The van der Waals surface area contributed by atoms with Crippen LogP contribution in [0.4, 0.5) is 0 Å². The molecule has 0 unspecified atom stereocenters. The summed E-state index contributed by atoms with van der Waals surface area (Å²) < 4.78 is 0. The molecule has 0 heterocycles. The number of rotatable bonds is 4. The quantitative estimate of drug-likeness (QED) is 0.541. The van der Waals surface area contributed by atoms with Gasteiger partial charge in [0.25, 0.3) is 0 Å². The molecule has 0 bridgehead atoms. The molecule has 0 aromatic carbocycles. The van der Waals surface area contributed by atoms with E-state index in [1.165, 1.54) is 12.8 Å². The first-order chi connectivity index (χ1) is 4.98. The Morgan fingerprint density at radius 2 is 1.91 bits per heavy atom. The Bertz CT molecular complexity index is 135. The van der Waals surface area contributed by atoms with Crippen molar-refractivity contribution in [3.05, 3.63) is 0 Å². The van der Waals surface area contributed by atoms with Gasteiger partial charge in [0.1, 0.15) is 0 Å². The van der Waals surface area contributed by atoms with Gasteiger partial charge in [-0.1, -0.05) is 34.1 Å². The summed E-state index contributed by atoms with van der Waals surface area (Å²) in [5.74, 6) is 3.53. The van der Waals surface area contributed by atoms with Crippen molar-refractivity contribution in [1.29, 1.82) is 0 Å². The van der Waals surface area contributed by atoms with Crippen molar-refractivity contribution in [2.24, 2.45) is 11.3 Å². The van der Waals surface area contributed by atoms with E-state index in [-0.39, 0.29) is 0 Å². The summed E-state index contributed by atoms with van der Waals surface area (Å²) in [4.78, 5) is 0. The van der Waals surface area contributed by atoms with Gasteiger partial charge in [-0.15, -0.1) is 12.3 Å². The normalized spacial score (nSPS) is 11.6. The summed E-state index contributed by atoms with van der Waals surface area (Å²) >= 11 is 0. The van der Waals surface area contributed by atoms with Gasteiger partial charge < -0.3 is 0 Å². The highest BCUT2D eigenvalue weighted by Gasteiger charge is 2.16. The topological polar surface area (TPSA) is 0 Å². The zero-order valence-corrected chi connectivity index (χ0v) is 8.28. The van der Waals surface area contributed by atoms with E-state index in [1.54, 1.807) is 0 Å². The van der Waals surface area contributed by atoms with E-state index in [1.807, 2.05) is 0 Å². The van der Waals surface area contributed by atoms with Gasteiger partial charge in [-0.2, -0.15) is 0 Å². The van der Waals surface area contributed by atoms with Crippen LogP contribution in [0.3, 0.4) is 0 Å². The molecule has 64 valence electrons. The van der Waals surface area contributed by atoms with E-state index in [2.05, 4.69) is 33.6 Å². The van der Waals surface area contributed by atoms with Crippen LogP contribution >= 0.6 is 0 Å². The van der Waals surface area contributed by atoms with Crippen LogP contribution in [0.25, 0.3) is 0 Å². The molecule has 11 heavy (non-hydrogen) atoms. The SMILES string of the molecule is C#CCC(C)(C)CCC(C)C. The van der Waals surface area contributed by atoms with Crippen LogP contribution in [-0.2, 0) is 0 Å². The Hall–Kier alpha value is -0.440. The third-order valence-corrected chi connectivity index (χ3v) is 1.98. The lowest BCUT2D eigenvalue weighted by Crippen LogP contribution is -2.11. The molecule has 0 N–H and O–H groups in total. The highest BCUT2D eigenvalue weighted by atomic mass is 14.2. The third kappa shape index (κ3) is 5.98. The zero-order valence-electron chi connectivity index (χ0n) is 8.28. The van der Waals surface area contributed by atoms with Gasteiger partial charge in [0.05, 0.1) is 0 Å². The van der Waals surface area contributed by atoms with Crippen LogP contribution < -0.4 is 0 Å². The second kappa shape index (κ2) is 4.44. The van der Waals surface area contributed by atoms with Crippen molar-refractivity contribution < 1.29 is 0 Å². The fourth-order valence-corrected chi connectivity index (χ4v) is 1.04. The van der Waals surface area contributed by atoms with Crippen molar-refractivity contribution in [3.8, 4) is 12.3 Å². The molecule has 0 aliphatic rings. The molecule has 0 aromatic heterocycles. The number of hydrogen-bond donors (Lipinski definition) is 0. The van der Waals surface area contributed by atoms with E-state index in [0.29, 0.717) is 5.41 Å². The number of terminal acetylenes is 1. The molecule has 0 aliphatic heterocycles. The van der Waals surface area contributed by atoms with Gasteiger partial charge in [-0.25, -0.2) is 0 Å². The van der Waals surface area contributed by atoms with Crippen LogP contribution in [0.1, 0.15) is 47.0 Å². The maximum Gasteiger partial charge on any atom is 0.0137 e. The van der Waals surface area contributed by atoms with Crippen LogP contribution in [0.2, 0.25) is 0 Å². The van der Waals surface area contributed by atoms with Crippen molar-refractivity contribution in [2.75, 3.05) is 0 Å². The minimum atomic E-state index is 0.346. The third-order valence-electron chi connectivity index (χ3n) is 1.98. The van der Waals surface area contributed by atoms with Crippen molar-refractivity contribution in [1.82, 2.24) is 0 Å². The summed E-state index contributed by atoms with van der Waals surface area (Å²) in [5, 5.41) is 0. The lowest BCUT2D eigenvalue weighted by molar-refractivity contribution is 0.312. The summed E-state index contributed by atoms with van der Waals surface area (Å²) in [7, 11) is 0. The van der Waals surface area contributed by atoms with E-state index < -0.39 is 0 Å². The molecule has 0 fully saturated rings. The first-order valence-electron chi connectivity index (χ1n) is 4.41. The first-order valence-corrected chi connectivity index (χ1v) is 4.41. The molecule has 0 saturated carbocycles. The molecule has 0 atom stereocenters. The van der Waals surface area contributed by atoms with Crippen molar-refractivity contribution in [2.45, 2.75) is 47.0 Å². The van der Waals surface area contributed by atoms with E-state index in [0.717, 1.165) is 12.3 Å². The van der Waals surface area contributed by atoms with Crippen molar-refractivity contribution >= 4 is 0 Å². The molecule has 0 amide bonds. The van der Waals surface area contributed by atoms with Crippen LogP contribution in [-0.4, -0.2) is 0 Å². The summed E-state index contributed by atoms with van der Waals surface area (Å²) in [6.45, 7) is 9.00. The maximum atomic E-state index is 5.27. The average Bonchev–Trinajstić information content (AvgIpc) is 1.84. The molecule has 0 spiro atoms. The molecule has 0 saturated heterocycles. The molecular weight excluding hydrogens is 132 g/mol. The lowest BCUT2D eigenvalue weighted by atomic mass is 9.83. The number of hydrogen-bond acceptors (Lipinski definition) is 0. The molecule has 0 aromatic rings. The minimum Gasteiger partial charge on any atom is -0.120 e. The van der Waals surface area contributed by atoms with Gasteiger partial charge >= 0.3 is 0 Å². The Balaban J connectivity index is 3.65. The van der Waals surface area contributed by atoms with Gasteiger partial charge in [0, 0.05) is 6.42 Å². The van der Waals surface area contributed by atoms with Gasteiger partial charge in [-0.3, -0.25) is 0 Å². The second-order valence-electron chi connectivity index (χ2n) is 4.48. The predicted molar refractivity (Wildman–Crippen MR) is 51.3 cm³/mol. The summed E-state index contributed by atoms with van der Waals surface area (Å²) in [6, 6.07) is 0. The van der Waals surface area contributed by atoms with E-state index >= 15 is 0 Å². The Labute approximate surface area is 71.4 Å². The Kier molecular flexibility index (Phi) is 4.26. The molecule has 0 heteroatoms. The van der Waals surface area contributed by atoms with Gasteiger partial charge in [0.2, 0.25) is 0 Å². The fourth-order valence-electron chi connectivity index (χ4n) is 1.04. The Morgan fingerprint density at radius 1 is 1.36 bits per heavy atom. The maximum absolute atomic E-state index is 5.27. The predicted octanol–water partition coefficient (Wildman–Crippen LogP) is 3.47. The van der Waals surface area contributed by atoms with E-state index in [4.69, 9.17) is 6.42 Å². The molecule has 0 rings (SSSR count). The first kappa shape index (κ1) is 10.6. The van der Waals surface area contributed by atoms with Crippen LogP contribution in [0.15, 0.2) is 0 Å². The molecule has 0 aliphatic carbocycles. The highest BCUT2D eigenvalue weighted by molar-refractivity contribution is 4.90. The van der Waals surface area contributed by atoms with Gasteiger partial charge in [0.15, 0.2) is 0 Å². The highest BCUT2D eigenvalue weighted by Crippen LogP contribution is 2.27. The summed E-state index contributed by atoms with van der Waals surface area (Å²) in [5.41, 5.74) is 0.346. The minimum absolute atomic E-state index is 0.346. The zero-order chi connectivity index (χ0) is 8.91. The monoisotopic (exact) mass is 152 g/mol. The largest absolute Gasteiger partial charge is 0.120 e. The fraction of sp³-hybridized carbons (Fsp3) is 0.818. The van der Waals surface area contributed by atoms with Crippen LogP contribution in [0.5, 0.6) is 0 Å². The average molecular weight is 152 g/mol. The van der Waals surface area contributed by atoms with Crippen LogP contribution in [0, 0.1) is 23.7 Å².